The maximum atomic E-state index is 13.5. The SMILES string of the molecule is CCCCN(C)C(=O)c1cc(N2CCCCC2)nc2ccc(-c3ccc4c(c3)OCO4)cc12.CN1CCCC1. The third-order valence-electron chi connectivity index (χ3n) is 7.93. The number of likely N-dealkylation sites (tertiary alicyclic amines) is 1. The fourth-order valence-electron chi connectivity index (χ4n) is 5.51. The molecule has 6 rings (SSSR count). The van der Waals surface area contributed by atoms with Crippen LogP contribution in [0.15, 0.2) is 42.5 Å². The molecule has 2 fully saturated rings. The number of carbonyl (C=O) groups is 1. The van der Waals surface area contributed by atoms with Crippen molar-refractivity contribution in [2.75, 3.05) is 58.5 Å². The minimum absolute atomic E-state index is 0.0527. The van der Waals surface area contributed by atoms with E-state index in [0.717, 1.165) is 77.4 Å². The Morgan fingerprint density at radius 3 is 2.31 bits per heavy atom. The van der Waals surface area contributed by atoms with Crippen LogP contribution in [0.25, 0.3) is 22.0 Å². The summed E-state index contributed by atoms with van der Waals surface area (Å²) in [6.07, 6.45) is 8.47. The molecule has 0 N–H and O–H groups in total. The highest BCUT2D eigenvalue weighted by Crippen LogP contribution is 2.37. The zero-order valence-corrected chi connectivity index (χ0v) is 23.7. The summed E-state index contributed by atoms with van der Waals surface area (Å²) in [5.74, 6) is 2.48. The van der Waals surface area contributed by atoms with Crippen LogP contribution in [-0.4, -0.2) is 74.3 Å². The summed E-state index contributed by atoms with van der Waals surface area (Å²) >= 11 is 0. The Kier molecular flexibility index (Phi) is 8.87. The maximum absolute atomic E-state index is 13.5. The average molecular weight is 531 g/mol. The van der Waals surface area contributed by atoms with Gasteiger partial charge in [0.1, 0.15) is 5.82 Å². The standard InChI is InChI=1S/C27H31N3O3.C5H11N/c1-3-4-12-29(2)27(31)22-17-26(30-13-6-5-7-14-30)28-23-10-8-19(15-21(22)23)20-9-11-24-25(16-20)33-18-32-24;1-6-4-2-3-5-6/h8-11,15-17H,3-7,12-14,18H2,1-2H3;2-5H2,1H3. The predicted molar refractivity (Wildman–Crippen MR) is 158 cm³/mol. The lowest BCUT2D eigenvalue weighted by Crippen LogP contribution is -2.31. The van der Waals surface area contributed by atoms with Crippen molar-refractivity contribution in [2.24, 2.45) is 0 Å². The molecule has 3 aliphatic heterocycles. The number of fused-ring (bicyclic) bond motifs is 2. The summed E-state index contributed by atoms with van der Waals surface area (Å²) in [6, 6.07) is 14.1. The minimum Gasteiger partial charge on any atom is -0.454 e. The van der Waals surface area contributed by atoms with Crippen LogP contribution in [0.5, 0.6) is 11.5 Å². The van der Waals surface area contributed by atoms with Crippen LogP contribution in [0.4, 0.5) is 5.82 Å². The van der Waals surface area contributed by atoms with Gasteiger partial charge >= 0.3 is 0 Å². The van der Waals surface area contributed by atoms with Crippen molar-refractivity contribution in [1.29, 1.82) is 0 Å². The highest BCUT2D eigenvalue weighted by atomic mass is 16.7. The van der Waals surface area contributed by atoms with Crippen LogP contribution in [-0.2, 0) is 0 Å². The first-order valence-electron chi connectivity index (χ1n) is 14.6. The van der Waals surface area contributed by atoms with Crippen molar-refractivity contribution in [1.82, 2.24) is 14.8 Å². The second-order valence-corrected chi connectivity index (χ2v) is 11.0. The molecule has 0 atom stereocenters. The van der Waals surface area contributed by atoms with E-state index in [1.54, 1.807) is 0 Å². The summed E-state index contributed by atoms with van der Waals surface area (Å²) in [6.45, 7) is 7.77. The summed E-state index contributed by atoms with van der Waals surface area (Å²) in [4.78, 5) is 25.0. The van der Waals surface area contributed by atoms with Gasteiger partial charge in [-0.25, -0.2) is 4.98 Å². The molecule has 7 nitrogen and oxygen atoms in total. The molecule has 208 valence electrons. The van der Waals surface area contributed by atoms with Crippen molar-refractivity contribution in [3.05, 3.63) is 48.0 Å². The molecule has 4 heterocycles. The van der Waals surface area contributed by atoms with Crippen molar-refractivity contribution < 1.29 is 14.3 Å². The lowest BCUT2D eigenvalue weighted by atomic mass is 9.99. The molecule has 2 saturated heterocycles. The summed E-state index contributed by atoms with van der Waals surface area (Å²) in [5, 5.41) is 0.888. The van der Waals surface area contributed by atoms with Gasteiger partial charge in [0.25, 0.3) is 5.91 Å². The molecular formula is C32H42N4O3. The van der Waals surface area contributed by atoms with Gasteiger partial charge in [-0.05, 0) is 100 Å². The Hall–Kier alpha value is -3.32. The molecule has 3 aliphatic rings. The van der Waals surface area contributed by atoms with Gasteiger partial charge in [-0.15, -0.1) is 0 Å². The maximum Gasteiger partial charge on any atom is 0.254 e. The molecule has 0 aliphatic carbocycles. The number of anilines is 1. The van der Waals surface area contributed by atoms with E-state index in [4.69, 9.17) is 14.5 Å². The van der Waals surface area contributed by atoms with Crippen LogP contribution < -0.4 is 14.4 Å². The Morgan fingerprint density at radius 2 is 1.59 bits per heavy atom. The van der Waals surface area contributed by atoms with E-state index < -0.39 is 0 Å². The molecule has 1 amide bonds. The van der Waals surface area contributed by atoms with E-state index in [0.29, 0.717) is 0 Å². The number of aromatic nitrogens is 1. The van der Waals surface area contributed by atoms with Crippen LogP contribution in [0.1, 0.15) is 62.2 Å². The van der Waals surface area contributed by atoms with Gasteiger partial charge in [-0.1, -0.05) is 25.5 Å². The Morgan fingerprint density at radius 1 is 0.897 bits per heavy atom. The quantitative estimate of drug-likeness (QED) is 0.378. The fourth-order valence-corrected chi connectivity index (χ4v) is 5.51. The topological polar surface area (TPSA) is 58.1 Å². The largest absolute Gasteiger partial charge is 0.454 e. The monoisotopic (exact) mass is 530 g/mol. The zero-order chi connectivity index (χ0) is 27.2. The fraction of sp³-hybridized carbons (Fsp3) is 0.500. The zero-order valence-electron chi connectivity index (χ0n) is 23.7. The van der Waals surface area contributed by atoms with Crippen LogP contribution in [0.2, 0.25) is 0 Å². The molecule has 0 saturated carbocycles. The van der Waals surface area contributed by atoms with Gasteiger partial charge in [-0.2, -0.15) is 0 Å². The highest BCUT2D eigenvalue weighted by molar-refractivity contribution is 6.08. The van der Waals surface area contributed by atoms with E-state index in [1.165, 1.54) is 45.2 Å². The predicted octanol–water partition coefficient (Wildman–Crippen LogP) is 6.20. The third-order valence-corrected chi connectivity index (χ3v) is 7.93. The number of amides is 1. The van der Waals surface area contributed by atoms with Crippen LogP contribution in [0.3, 0.4) is 0 Å². The number of nitrogens with zero attached hydrogens (tertiary/aromatic N) is 4. The van der Waals surface area contributed by atoms with E-state index >= 15 is 0 Å². The Labute approximate surface area is 232 Å². The van der Waals surface area contributed by atoms with Gasteiger partial charge < -0.3 is 24.2 Å². The number of carbonyl (C=O) groups excluding carboxylic acids is 1. The lowest BCUT2D eigenvalue weighted by Gasteiger charge is -2.29. The third kappa shape index (κ3) is 6.47. The van der Waals surface area contributed by atoms with Crippen molar-refractivity contribution in [3.8, 4) is 22.6 Å². The summed E-state index contributed by atoms with van der Waals surface area (Å²) in [7, 11) is 4.07. The molecule has 0 radical (unpaired) electrons. The number of ether oxygens (including phenoxy) is 2. The number of hydrogen-bond acceptors (Lipinski definition) is 6. The molecule has 3 aromatic rings. The first-order valence-corrected chi connectivity index (χ1v) is 14.6. The van der Waals surface area contributed by atoms with Gasteiger partial charge in [-0.3, -0.25) is 4.79 Å². The van der Waals surface area contributed by atoms with E-state index in [-0.39, 0.29) is 12.7 Å². The molecule has 0 spiro atoms. The molecular weight excluding hydrogens is 488 g/mol. The summed E-state index contributed by atoms with van der Waals surface area (Å²) in [5.41, 5.74) is 3.63. The number of hydrogen-bond donors (Lipinski definition) is 0. The minimum atomic E-state index is 0.0527. The summed E-state index contributed by atoms with van der Waals surface area (Å²) < 4.78 is 11.0. The Balaban J connectivity index is 0.000000455. The van der Waals surface area contributed by atoms with Crippen molar-refractivity contribution >= 4 is 22.6 Å². The van der Waals surface area contributed by atoms with Crippen molar-refractivity contribution in [2.45, 2.75) is 51.9 Å². The van der Waals surface area contributed by atoms with E-state index in [9.17, 15) is 4.79 Å². The molecule has 0 unspecified atom stereocenters. The average Bonchev–Trinajstić information content (AvgIpc) is 3.66. The first-order chi connectivity index (χ1) is 19.0. The molecule has 7 heteroatoms. The first kappa shape index (κ1) is 27.3. The number of piperidine rings is 1. The second-order valence-electron chi connectivity index (χ2n) is 11.0. The normalized spacial score (nSPS) is 16.7. The van der Waals surface area contributed by atoms with Gasteiger partial charge in [0, 0.05) is 32.1 Å². The number of rotatable bonds is 6. The van der Waals surface area contributed by atoms with Crippen LogP contribution >= 0.6 is 0 Å². The number of pyridine rings is 1. The van der Waals surface area contributed by atoms with E-state index in [2.05, 4.69) is 35.9 Å². The Bertz CT molecular complexity index is 1280. The molecule has 39 heavy (non-hydrogen) atoms. The second kappa shape index (κ2) is 12.7. The van der Waals surface area contributed by atoms with Gasteiger partial charge in [0.15, 0.2) is 11.5 Å². The molecule has 1 aromatic heterocycles. The molecule has 2 aromatic carbocycles. The van der Waals surface area contributed by atoms with Crippen molar-refractivity contribution in [3.63, 3.8) is 0 Å². The van der Waals surface area contributed by atoms with E-state index in [1.807, 2.05) is 42.3 Å². The highest BCUT2D eigenvalue weighted by Gasteiger charge is 2.21. The lowest BCUT2D eigenvalue weighted by molar-refractivity contribution is 0.0795. The number of benzene rings is 2. The van der Waals surface area contributed by atoms with Crippen LogP contribution in [0, 0.1) is 0 Å². The number of unbranched alkanes of at least 4 members (excludes halogenated alkanes) is 1. The van der Waals surface area contributed by atoms with Gasteiger partial charge in [0.05, 0.1) is 11.1 Å². The van der Waals surface area contributed by atoms with Gasteiger partial charge in [0.2, 0.25) is 6.79 Å². The molecule has 0 bridgehead atoms. The smallest absolute Gasteiger partial charge is 0.254 e.